The second-order valence-electron chi connectivity index (χ2n) is 3.20. The zero-order valence-electron chi connectivity index (χ0n) is 8.31. The predicted molar refractivity (Wildman–Crippen MR) is 60.0 cm³/mol. The van der Waals surface area contributed by atoms with Crippen LogP contribution in [0.4, 0.5) is 0 Å². The first-order valence-corrected chi connectivity index (χ1v) is 5.10. The lowest BCUT2D eigenvalue weighted by molar-refractivity contribution is 0.476. The van der Waals surface area contributed by atoms with Gasteiger partial charge in [0.05, 0.1) is 5.02 Å². The van der Waals surface area contributed by atoms with E-state index < -0.39 is 0 Å². The number of hydrogen-bond donors (Lipinski definition) is 1. The van der Waals surface area contributed by atoms with Crippen molar-refractivity contribution in [3.8, 4) is 17.1 Å². The minimum absolute atomic E-state index is 0.0832. The van der Waals surface area contributed by atoms with Crippen molar-refractivity contribution in [2.75, 3.05) is 0 Å². The molecule has 1 heterocycles. The molecule has 2 aromatic rings. The van der Waals surface area contributed by atoms with E-state index in [2.05, 4.69) is 4.98 Å². The molecule has 0 aliphatic heterocycles. The Bertz CT molecular complexity index is 479. The van der Waals surface area contributed by atoms with E-state index in [4.69, 9.17) is 11.6 Å². The first-order valence-electron chi connectivity index (χ1n) is 4.72. The van der Waals surface area contributed by atoms with Crippen molar-refractivity contribution >= 4 is 11.6 Å². The average Bonchev–Trinajstić information content (AvgIpc) is 2.70. The number of hydrogen-bond acceptors (Lipinski definition) is 2. The summed E-state index contributed by atoms with van der Waals surface area (Å²) in [7, 11) is 0. The van der Waals surface area contributed by atoms with E-state index in [0.29, 0.717) is 5.02 Å². The summed E-state index contributed by atoms with van der Waals surface area (Å²) in [6, 6.07) is 5.13. The summed E-state index contributed by atoms with van der Waals surface area (Å²) < 4.78 is 2.00. The maximum Gasteiger partial charge on any atom is 0.140 e. The summed E-state index contributed by atoms with van der Waals surface area (Å²) in [5, 5.41) is 9.85. The number of phenols is 1. The fraction of sp³-hybridized carbons (Fsp3) is 0.182. The van der Waals surface area contributed by atoms with Crippen molar-refractivity contribution < 1.29 is 5.11 Å². The predicted octanol–water partition coefficient (Wildman–Crippen LogP) is 2.93. The van der Waals surface area contributed by atoms with Crippen molar-refractivity contribution in [1.29, 1.82) is 0 Å². The highest BCUT2D eigenvalue weighted by Crippen LogP contribution is 2.28. The van der Waals surface area contributed by atoms with Gasteiger partial charge in [0.25, 0.3) is 0 Å². The van der Waals surface area contributed by atoms with Gasteiger partial charge in [-0.15, -0.1) is 0 Å². The lowest BCUT2D eigenvalue weighted by Crippen LogP contribution is -1.95. The highest BCUT2D eigenvalue weighted by Gasteiger charge is 2.06. The number of imidazole rings is 1. The molecule has 0 unspecified atom stereocenters. The zero-order valence-corrected chi connectivity index (χ0v) is 9.07. The standard InChI is InChI=1S/C11H11ClN2O/c1-2-14-6-5-13-11(14)8-3-4-9(12)10(15)7-8/h3-7,15H,2H2,1H3. The van der Waals surface area contributed by atoms with Crippen LogP contribution in [-0.2, 0) is 6.54 Å². The van der Waals surface area contributed by atoms with E-state index in [9.17, 15) is 5.11 Å². The van der Waals surface area contributed by atoms with Crippen molar-refractivity contribution in [2.45, 2.75) is 13.5 Å². The molecular formula is C11H11ClN2O. The molecule has 1 aromatic carbocycles. The number of halogens is 1. The van der Waals surface area contributed by atoms with Crippen LogP contribution >= 0.6 is 11.6 Å². The number of phenolic OH excluding ortho intramolecular Hbond substituents is 1. The van der Waals surface area contributed by atoms with Crippen LogP contribution < -0.4 is 0 Å². The summed E-state index contributed by atoms with van der Waals surface area (Å²) in [6.07, 6.45) is 3.64. The Morgan fingerprint density at radius 1 is 1.47 bits per heavy atom. The van der Waals surface area contributed by atoms with Gasteiger partial charge in [0.1, 0.15) is 11.6 Å². The normalized spacial score (nSPS) is 10.5. The Labute approximate surface area is 93.0 Å². The third-order valence-electron chi connectivity index (χ3n) is 2.26. The van der Waals surface area contributed by atoms with Gasteiger partial charge in [0, 0.05) is 24.5 Å². The first-order chi connectivity index (χ1) is 7.22. The molecule has 0 radical (unpaired) electrons. The molecule has 0 saturated heterocycles. The van der Waals surface area contributed by atoms with E-state index in [0.717, 1.165) is 17.9 Å². The minimum Gasteiger partial charge on any atom is -0.506 e. The molecule has 0 bridgehead atoms. The molecule has 0 spiro atoms. The minimum atomic E-state index is 0.0832. The molecule has 0 saturated carbocycles. The lowest BCUT2D eigenvalue weighted by Gasteiger charge is -2.05. The Balaban J connectivity index is 2.50. The third-order valence-corrected chi connectivity index (χ3v) is 2.58. The zero-order chi connectivity index (χ0) is 10.8. The molecule has 4 heteroatoms. The number of benzene rings is 1. The van der Waals surface area contributed by atoms with Crippen molar-refractivity contribution in [3.05, 3.63) is 35.6 Å². The largest absolute Gasteiger partial charge is 0.506 e. The second kappa shape index (κ2) is 3.95. The highest BCUT2D eigenvalue weighted by atomic mass is 35.5. The maximum atomic E-state index is 9.49. The number of rotatable bonds is 2. The van der Waals surface area contributed by atoms with Crippen LogP contribution in [0.2, 0.25) is 5.02 Å². The summed E-state index contributed by atoms with van der Waals surface area (Å²) in [6.45, 7) is 2.89. The van der Waals surface area contributed by atoms with Gasteiger partial charge in [-0.1, -0.05) is 11.6 Å². The van der Waals surface area contributed by atoms with E-state index in [-0.39, 0.29) is 5.75 Å². The summed E-state index contributed by atoms with van der Waals surface area (Å²) >= 11 is 5.74. The number of aromatic nitrogens is 2. The molecule has 0 fully saturated rings. The number of nitrogens with zero attached hydrogens (tertiary/aromatic N) is 2. The topological polar surface area (TPSA) is 38.0 Å². The van der Waals surface area contributed by atoms with E-state index in [1.54, 1.807) is 18.3 Å². The van der Waals surface area contributed by atoms with Gasteiger partial charge in [-0.05, 0) is 25.1 Å². The fourth-order valence-electron chi connectivity index (χ4n) is 1.48. The summed E-state index contributed by atoms with van der Waals surface area (Å²) in [5.74, 6) is 0.921. The molecule has 2 rings (SSSR count). The van der Waals surface area contributed by atoms with Crippen LogP contribution in [0.5, 0.6) is 5.75 Å². The molecule has 3 nitrogen and oxygen atoms in total. The van der Waals surface area contributed by atoms with Gasteiger partial charge < -0.3 is 9.67 Å². The molecule has 0 amide bonds. The molecule has 0 atom stereocenters. The molecule has 1 N–H and O–H groups in total. The van der Waals surface area contributed by atoms with Crippen molar-refractivity contribution in [1.82, 2.24) is 9.55 Å². The monoisotopic (exact) mass is 222 g/mol. The molecule has 0 aliphatic carbocycles. The van der Waals surface area contributed by atoms with Gasteiger partial charge >= 0.3 is 0 Å². The van der Waals surface area contributed by atoms with Crippen LogP contribution in [0.3, 0.4) is 0 Å². The van der Waals surface area contributed by atoms with Gasteiger partial charge in [0.2, 0.25) is 0 Å². The van der Waals surface area contributed by atoms with E-state index in [1.165, 1.54) is 0 Å². The Hall–Kier alpha value is -1.48. The van der Waals surface area contributed by atoms with Crippen molar-refractivity contribution in [2.24, 2.45) is 0 Å². The fourth-order valence-corrected chi connectivity index (χ4v) is 1.59. The van der Waals surface area contributed by atoms with Gasteiger partial charge in [-0.3, -0.25) is 0 Å². The third kappa shape index (κ3) is 1.83. The quantitative estimate of drug-likeness (QED) is 0.849. The molecular weight excluding hydrogens is 212 g/mol. The van der Waals surface area contributed by atoms with E-state index >= 15 is 0 Å². The number of aryl methyl sites for hydroxylation is 1. The van der Waals surface area contributed by atoms with Crippen LogP contribution in [0.25, 0.3) is 11.4 Å². The summed E-state index contributed by atoms with van der Waals surface area (Å²) in [4.78, 5) is 4.24. The Morgan fingerprint density at radius 2 is 2.27 bits per heavy atom. The van der Waals surface area contributed by atoms with Gasteiger partial charge in [-0.2, -0.15) is 0 Å². The summed E-state index contributed by atoms with van der Waals surface area (Å²) in [5.41, 5.74) is 0.865. The van der Waals surface area contributed by atoms with Gasteiger partial charge in [0.15, 0.2) is 0 Å². The molecule has 1 aromatic heterocycles. The van der Waals surface area contributed by atoms with E-state index in [1.807, 2.05) is 23.8 Å². The molecule has 0 aliphatic rings. The van der Waals surface area contributed by atoms with Crippen LogP contribution in [0.15, 0.2) is 30.6 Å². The maximum absolute atomic E-state index is 9.49. The Kier molecular flexibility index (Phi) is 2.64. The average molecular weight is 223 g/mol. The molecule has 78 valence electrons. The lowest BCUT2D eigenvalue weighted by atomic mass is 10.2. The second-order valence-corrected chi connectivity index (χ2v) is 3.61. The van der Waals surface area contributed by atoms with Gasteiger partial charge in [-0.25, -0.2) is 4.98 Å². The van der Waals surface area contributed by atoms with Crippen molar-refractivity contribution in [3.63, 3.8) is 0 Å². The number of aromatic hydroxyl groups is 1. The first kappa shape index (κ1) is 10.1. The molecule has 15 heavy (non-hydrogen) atoms. The van der Waals surface area contributed by atoms with Crippen LogP contribution in [0.1, 0.15) is 6.92 Å². The van der Waals surface area contributed by atoms with Crippen LogP contribution in [-0.4, -0.2) is 14.7 Å². The SMILES string of the molecule is CCn1ccnc1-c1ccc(Cl)c(O)c1. The highest BCUT2D eigenvalue weighted by molar-refractivity contribution is 6.32. The van der Waals surface area contributed by atoms with Crippen LogP contribution in [0, 0.1) is 0 Å². The smallest absolute Gasteiger partial charge is 0.140 e. The Morgan fingerprint density at radius 3 is 2.93 bits per heavy atom.